The lowest BCUT2D eigenvalue weighted by molar-refractivity contribution is 0.0704. The summed E-state index contributed by atoms with van der Waals surface area (Å²) in [5, 5.41) is 0. The molecule has 1 heterocycles. The average molecular weight is 181 g/mol. The maximum absolute atomic E-state index is 6.11. The van der Waals surface area contributed by atoms with E-state index in [0.717, 1.165) is 26.1 Å². The Balaban J connectivity index is 2.63. The summed E-state index contributed by atoms with van der Waals surface area (Å²) in [6, 6.07) is 0. The minimum absolute atomic E-state index is 0.0463. The molecule has 2 N–H and O–H groups in total. The fourth-order valence-electron chi connectivity index (χ4n) is 1.17. The van der Waals surface area contributed by atoms with E-state index < -0.39 is 0 Å². The molecule has 0 bridgehead atoms. The van der Waals surface area contributed by atoms with Gasteiger partial charge in [-0.2, -0.15) is 0 Å². The van der Waals surface area contributed by atoms with E-state index in [4.69, 9.17) is 10.5 Å². The van der Waals surface area contributed by atoms with Crippen molar-refractivity contribution in [2.24, 2.45) is 11.1 Å². The molecule has 1 aliphatic rings. The normalized spacial score (nSPS) is 21.8. The summed E-state index contributed by atoms with van der Waals surface area (Å²) in [6.07, 6.45) is 1.71. The molecule has 0 aliphatic carbocycles. The van der Waals surface area contributed by atoms with E-state index >= 15 is 0 Å². The van der Waals surface area contributed by atoms with Crippen LogP contribution in [0.4, 0.5) is 0 Å². The summed E-state index contributed by atoms with van der Waals surface area (Å²) in [6.45, 7) is 7.79. The topological polar surface area (TPSA) is 35.2 Å². The van der Waals surface area contributed by atoms with Crippen molar-refractivity contribution in [2.45, 2.75) is 39.2 Å². The Labute approximate surface area is 80.8 Å². The minimum Gasteiger partial charge on any atom is -0.381 e. The molecule has 0 aromatic heterocycles. The predicted octanol–water partition coefficient (Wildman–Crippen LogP) is 1.54. The van der Waals surface area contributed by atoms with Crippen molar-refractivity contribution in [1.29, 1.82) is 0 Å². The minimum atomic E-state index is -0.300. The number of nitrogens with two attached hydrogens (primary N) is 1. The first-order chi connectivity index (χ1) is 5.91. The van der Waals surface area contributed by atoms with Crippen LogP contribution in [-0.4, -0.2) is 18.8 Å². The van der Waals surface area contributed by atoms with Gasteiger partial charge in [0.25, 0.3) is 0 Å². The number of rotatable bonds is 0. The molecule has 1 saturated heterocycles. The summed E-state index contributed by atoms with van der Waals surface area (Å²) in [4.78, 5) is 0. The van der Waals surface area contributed by atoms with E-state index in [1.54, 1.807) is 0 Å². The highest BCUT2D eigenvalue weighted by molar-refractivity contribution is 5.20. The summed E-state index contributed by atoms with van der Waals surface area (Å²) >= 11 is 0. The quantitative estimate of drug-likeness (QED) is 0.575. The average Bonchev–Trinajstić information content (AvgIpc) is 2.02. The van der Waals surface area contributed by atoms with Gasteiger partial charge in [0.2, 0.25) is 0 Å². The van der Waals surface area contributed by atoms with Gasteiger partial charge in [-0.05, 0) is 20.8 Å². The smallest absolute Gasteiger partial charge is 0.0820 e. The molecule has 0 aromatic carbocycles. The molecule has 1 aliphatic heterocycles. The van der Waals surface area contributed by atoms with Gasteiger partial charge in [-0.25, -0.2) is 0 Å². The van der Waals surface area contributed by atoms with Crippen molar-refractivity contribution in [3.63, 3.8) is 0 Å². The second-order valence-corrected chi connectivity index (χ2v) is 4.77. The highest BCUT2D eigenvalue weighted by atomic mass is 16.5. The lowest BCUT2D eigenvalue weighted by atomic mass is 9.89. The molecule has 0 spiro atoms. The number of ether oxygens (including phenoxy) is 1. The van der Waals surface area contributed by atoms with Crippen LogP contribution in [0.1, 0.15) is 33.6 Å². The molecule has 0 saturated carbocycles. The Hall–Kier alpha value is -0.520. The molecule has 74 valence electrons. The Bertz CT molecular complexity index is 223. The van der Waals surface area contributed by atoms with Gasteiger partial charge in [-0.1, -0.05) is 11.8 Å². The fraction of sp³-hybridized carbons (Fsp3) is 0.818. The van der Waals surface area contributed by atoms with Gasteiger partial charge in [-0.15, -0.1) is 0 Å². The van der Waals surface area contributed by atoms with Crippen LogP contribution >= 0.6 is 0 Å². The van der Waals surface area contributed by atoms with Gasteiger partial charge >= 0.3 is 0 Å². The number of hydrogen-bond acceptors (Lipinski definition) is 2. The summed E-state index contributed by atoms with van der Waals surface area (Å²) in [5.41, 5.74) is 5.86. The predicted molar refractivity (Wildman–Crippen MR) is 54.2 cm³/mol. The monoisotopic (exact) mass is 181 g/mol. The SMILES string of the molecule is CC(C)(C)C#CC1(N)CCOCC1. The lowest BCUT2D eigenvalue weighted by Gasteiger charge is -2.28. The standard InChI is InChI=1S/C11H19NO/c1-10(2,3)4-5-11(12)6-8-13-9-7-11/h6-9,12H2,1-3H3. The van der Waals surface area contributed by atoms with Crippen molar-refractivity contribution in [3.8, 4) is 11.8 Å². The molecule has 0 amide bonds. The third kappa shape index (κ3) is 3.80. The molecule has 1 rings (SSSR count). The Morgan fingerprint density at radius 2 is 1.77 bits per heavy atom. The van der Waals surface area contributed by atoms with Crippen molar-refractivity contribution < 1.29 is 4.74 Å². The van der Waals surface area contributed by atoms with Crippen LogP contribution in [-0.2, 0) is 4.74 Å². The van der Waals surface area contributed by atoms with Crippen LogP contribution in [0.2, 0.25) is 0 Å². The fourth-order valence-corrected chi connectivity index (χ4v) is 1.17. The molecule has 2 heteroatoms. The second-order valence-electron chi connectivity index (χ2n) is 4.77. The van der Waals surface area contributed by atoms with E-state index in [1.165, 1.54) is 0 Å². The van der Waals surface area contributed by atoms with E-state index in [2.05, 4.69) is 32.6 Å². The maximum Gasteiger partial charge on any atom is 0.0820 e. The zero-order chi connectivity index (χ0) is 9.95. The van der Waals surface area contributed by atoms with E-state index in [-0.39, 0.29) is 11.0 Å². The van der Waals surface area contributed by atoms with Gasteiger partial charge < -0.3 is 10.5 Å². The largest absolute Gasteiger partial charge is 0.381 e. The van der Waals surface area contributed by atoms with Crippen molar-refractivity contribution in [2.75, 3.05) is 13.2 Å². The highest BCUT2D eigenvalue weighted by Gasteiger charge is 2.25. The van der Waals surface area contributed by atoms with Crippen molar-refractivity contribution in [3.05, 3.63) is 0 Å². The van der Waals surface area contributed by atoms with E-state index in [9.17, 15) is 0 Å². The molecule has 2 nitrogen and oxygen atoms in total. The zero-order valence-corrected chi connectivity index (χ0v) is 8.81. The second kappa shape index (κ2) is 3.69. The molecule has 13 heavy (non-hydrogen) atoms. The summed E-state index contributed by atoms with van der Waals surface area (Å²) in [7, 11) is 0. The van der Waals surface area contributed by atoms with Gasteiger partial charge in [0.05, 0.1) is 5.54 Å². The Morgan fingerprint density at radius 1 is 1.23 bits per heavy atom. The van der Waals surface area contributed by atoms with E-state index in [1.807, 2.05) is 0 Å². The van der Waals surface area contributed by atoms with Crippen LogP contribution in [0.15, 0.2) is 0 Å². The van der Waals surface area contributed by atoms with Gasteiger partial charge in [0.1, 0.15) is 0 Å². The first-order valence-corrected chi connectivity index (χ1v) is 4.82. The van der Waals surface area contributed by atoms with Crippen LogP contribution in [0.3, 0.4) is 0 Å². The lowest BCUT2D eigenvalue weighted by Crippen LogP contribution is -2.43. The van der Waals surface area contributed by atoms with E-state index in [0.29, 0.717) is 0 Å². The molecular weight excluding hydrogens is 162 g/mol. The van der Waals surface area contributed by atoms with Crippen molar-refractivity contribution >= 4 is 0 Å². The Kier molecular flexibility index (Phi) is 3.00. The summed E-state index contributed by atoms with van der Waals surface area (Å²) < 4.78 is 5.25. The molecule has 0 radical (unpaired) electrons. The maximum atomic E-state index is 6.11. The number of hydrogen-bond donors (Lipinski definition) is 1. The summed E-state index contributed by atoms with van der Waals surface area (Å²) in [5.74, 6) is 6.39. The molecule has 0 atom stereocenters. The van der Waals surface area contributed by atoms with Crippen LogP contribution < -0.4 is 5.73 Å². The highest BCUT2D eigenvalue weighted by Crippen LogP contribution is 2.18. The third-order valence-electron chi connectivity index (χ3n) is 2.07. The molecule has 0 aromatic rings. The van der Waals surface area contributed by atoms with Gasteiger partial charge in [0, 0.05) is 31.5 Å². The van der Waals surface area contributed by atoms with Crippen molar-refractivity contribution in [1.82, 2.24) is 0 Å². The Morgan fingerprint density at radius 3 is 2.23 bits per heavy atom. The first kappa shape index (κ1) is 10.6. The first-order valence-electron chi connectivity index (χ1n) is 4.82. The molecule has 0 unspecified atom stereocenters. The van der Waals surface area contributed by atoms with Gasteiger partial charge in [-0.3, -0.25) is 0 Å². The van der Waals surface area contributed by atoms with Crippen LogP contribution in [0.5, 0.6) is 0 Å². The zero-order valence-electron chi connectivity index (χ0n) is 8.81. The molecular formula is C11H19NO. The third-order valence-corrected chi connectivity index (χ3v) is 2.07. The molecule has 1 fully saturated rings. The van der Waals surface area contributed by atoms with Crippen LogP contribution in [0, 0.1) is 17.3 Å². The van der Waals surface area contributed by atoms with Crippen LogP contribution in [0.25, 0.3) is 0 Å². The van der Waals surface area contributed by atoms with Gasteiger partial charge in [0.15, 0.2) is 0 Å².